The van der Waals surface area contributed by atoms with Gasteiger partial charge in [-0.15, -0.1) is 0 Å². The minimum atomic E-state index is -3.15. The Labute approximate surface area is 252 Å². The molecule has 0 bridgehead atoms. The Balaban J connectivity index is 1.29. The SMILES string of the molecule is CCn1cc(C(C)(F)F)nc1-c1ccc(CN2c3nc(-c4c(OC)ncnc4C4CC4)ncc3N(C)C(=O)C23CC3)cc1F. The van der Waals surface area contributed by atoms with Crippen LogP contribution in [0.5, 0.6) is 5.88 Å². The normalized spacial score (nSPS) is 17.3. The highest BCUT2D eigenvalue weighted by atomic mass is 19.3. The zero-order valence-corrected chi connectivity index (χ0v) is 24.8. The monoisotopic (exact) mass is 604 g/mol. The van der Waals surface area contributed by atoms with Crippen LogP contribution in [0.1, 0.15) is 62.4 Å². The number of ether oxygens (including phenoxy) is 1. The van der Waals surface area contributed by atoms with Crippen LogP contribution in [-0.4, -0.2) is 55.1 Å². The first-order valence-corrected chi connectivity index (χ1v) is 14.6. The largest absolute Gasteiger partial charge is 0.480 e. The minimum Gasteiger partial charge on any atom is -0.480 e. The van der Waals surface area contributed by atoms with Gasteiger partial charge in [0.25, 0.3) is 11.8 Å². The molecule has 0 atom stereocenters. The first-order chi connectivity index (χ1) is 21.1. The van der Waals surface area contributed by atoms with Crippen LogP contribution in [0.3, 0.4) is 0 Å². The third-order valence-corrected chi connectivity index (χ3v) is 8.71. The van der Waals surface area contributed by atoms with Crippen LogP contribution in [0.4, 0.5) is 24.7 Å². The first-order valence-electron chi connectivity index (χ1n) is 14.6. The summed E-state index contributed by atoms with van der Waals surface area (Å²) < 4.78 is 50.7. The Bertz CT molecular complexity index is 1800. The summed E-state index contributed by atoms with van der Waals surface area (Å²) in [6, 6.07) is 4.65. The summed E-state index contributed by atoms with van der Waals surface area (Å²) in [5, 5.41) is 0. The average Bonchev–Trinajstić information content (AvgIpc) is 3.95. The van der Waals surface area contributed by atoms with Crippen LogP contribution in [0.25, 0.3) is 22.8 Å². The van der Waals surface area contributed by atoms with Gasteiger partial charge < -0.3 is 19.1 Å². The van der Waals surface area contributed by atoms with Crippen LogP contribution in [0.2, 0.25) is 0 Å². The molecule has 4 heterocycles. The first kappa shape index (κ1) is 28.2. The summed E-state index contributed by atoms with van der Waals surface area (Å²) in [6.07, 6.45) is 7.62. The van der Waals surface area contributed by atoms with E-state index in [4.69, 9.17) is 9.72 Å². The molecule has 7 rings (SSSR count). The number of anilines is 2. The van der Waals surface area contributed by atoms with Gasteiger partial charge in [0.05, 0.1) is 24.6 Å². The van der Waals surface area contributed by atoms with Gasteiger partial charge in [-0.25, -0.2) is 29.3 Å². The number of rotatable bonds is 8. The Hall–Kier alpha value is -4.55. The number of fused-ring (bicyclic) bond motifs is 1. The minimum absolute atomic E-state index is 0.0734. The van der Waals surface area contributed by atoms with Gasteiger partial charge in [-0.2, -0.15) is 8.78 Å². The molecule has 1 aromatic carbocycles. The fourth-order valence-corrected chi connectivity index (χ4v) is 6.01. The number of alkyl halides is 2. The van der Waals surface area contributed by atoms with E-state index in [1.807, 2.05) is 4.90 Å². The number of nitrogens with zero attached hydrogens (tertiary/aromatic N) is 8. The Morgan fingerprint density at radius 1 is 1.14 bits per heavy atom. The molecule has 1 spiro atoms. The van der Waals surface area contributed by atoms with Crippen molar-refractivity contribution in [3.63, 3.8) is 0 Å². The molecular formula is C31H31F3N8O2. The molecule has 228 valence electrons. The van der Waals surface area contributed by atoms with Crippen molar-refractivity contribution >= 4 is 17.4 Å². The van der Waals surface area contributed by atoms with E-state index >= 15 is 4.39 Å². The molecule has 3 aromatic heterocycles. The molecule has 44 heavy (non-hydrogen) atoms. The summed E-state index contributed by atoms with van der Waals surface area (Å²) in [5.41, 5.74) is 1.49. The second kappa shape index (κ2) is 10.00. The molecule has 0 radical (unpaired) electrons. The fraction of sp³-hybridized carbons (Fsp3) is 0.419. The van der Waals surface area contributed by atoms with Gasteiger partial charge in [-0.3, -0.25) is 4.79 Å². The molecule has 3 aliphatic rings. The van der Waals surface area contributed by atoms with E-state index in [9.17, 15) is 13.6 Å². The summed E-state index contributed by atoms with van der Waals surface area (Å²) in [7, 11) is 3.25. The number of hydrogen-bond acceptors (Lipinski definition) is 8. The molecular weight excluding hydrogens is 573 g/mol. The maximum atomic E-state index is 15.7. The molecule has 1 aliphatic heterocycles. The summed E-state index contributed by atoms with van der Waals surface area (Å²) in [5.74, 6) is -2.09. The molecule has 2 saturated carbocycles. The van der Waals surface area contributed by atoms with Crippen LogP contribution < -0.4 is 14.5 Å². The number of carbonyl (C=O) groups excluding carboxylic acids is 1. The number of halogens is 3. The van der Waals surface area contributed by atoms with Crippen molar-refractivity contribution in [3.8, 4) is 28.7 Å². The predicted molar refractivity (Wildman–Crippen MR) is 156 cm³/mol. The van der Waals surface area contributed by atoms with Crippen LogP contribution in [0.15, 0.2) is 36.9 Å². The standard InChI is InChI=1S/C31H31F3N8O2/c1-5-41-15-22(30(2,33)34)38-26(41)19-9-6-17(12-20(19)32)14-42-27-21(40(3)29(43)31(42)10-11-31)13-35-25(39-27)23-24(18-7-8-18)36-16-37-28(23)44-4/h6,9,12-13,15-16,18H,5,7-8,10-11,14H2,1-4H3. The summed E-state index contributed by atoms with van der Waals surface area (Å²) >= 11 is 0. The third kappa shape index (κ3) is 4.47. The molecule has 0 unspecified atom stereocenters. The molecule has 0 saturated heterocycles. The van der Waals surface area contributed by atoms with E-state index < -0.39 is 23.0 Å². The van der Waals surface area contributed by atoms with E-state index in [0.29, 0.717) is 53.7 Å². The van der Waals surface area contributed by atoms with Gasteiger partial charge >= 0.3 is 0 Å². The van der Waals surface area contributed by atoms with E-state index in [2.05, 4.69) is 19.9 Å². The number of benzene rings is 1. The number of carbonyl (C=O) groups is 1. The Morgan fingerprint density at radius 3 is 2.55 bits per heavy atom. The number of hydrogen-bond donors (Lipinski definition) is 0. The highest BCUT2D eigenvalue weighted by Gasteiger charge is 2.59. The zero-order valence-electron chi connectivity index (χ0n) is 24.8. The van der Waals surface area contributed by atoms with Crippen molar-refractivity contribution in [3.05, 3.63) is 59.7 Å². The van der Waals surface area contributed by atoms with Gasteiger partial charge in [0, 0.05) is 39.2 Å². The van der Waals surface area contributed by atoms with Crippen molar-refractivity contribution in [1.82, 2.24) is 29.5 Å². The Kier molecular flexibility index (Phi) is 6.41. The summed E-state index contributed by atoms with van der Waals surface area (Å²) in [6.45, 7) is 3.10. The highest BCUT2D eigenvalue weighted by Crippen LogP contribution is 2.53. The molecule has 2 fully saturated rings. The molecule has 2 aliphatic carbocycles. The maximum Gasteiger partial charge on any atom is 0.288 e. The van der Waals surface area contributed by atoms with Gasteiger partial charge in [0.15, 0.2) is 11.6 Å². The second-order valence-corrected chi connectivity index (χ2v) is 11.7. The number of likely N-dealkylation sites (N-methyl/N-ethyl adjacent to an activating group) is 1. The summed E-state index contributed by atoms with van der Waals surface area (Å²) in [4.78, 5) is 39.6. The maximum absolute atomic E-state index is 15.7. The van der Waals surface area contributed by atoms with Crippen molar-refractivity contribution in [1.29, 1.82) is 0 Å². The number of aryl methyl sites for hydroxylation is 1. The predicted octanol–water partition coefficient (Wildman–Crippen LogP) is 5.47. The van der Waals surface area contributed by atoms with Crippen molar-refractivity contribution in [2.75, 3.05) is 24.0 Å². The number of imidazole rings is 1. The van der Waals surface area contributed by atoms with Crippen molar-refractivity contribution < 1.29 is 22.7 Å². The van der Waals surface area contributed by atoms with Gasteiger partial charge in [0.2, 0.25) is 5.88 Å². The van der Waals surface area contributed by atoms with E-state index in [1.165, 1.54) is 23.2 Å². The average molecular weight is 605 g/mol. The van der Waals surface area contributed by atoms with Crippen molar-refractivity contribution in [2.24, 2.45) is 0 Å². The molecule has 10 nitrogen and oxygen atoms in total. The van der Waals surface area contributed by atoms with E-state index in [0.717, 1.165) is 25.5 Å². The topological polar surface area (TPSA) is 102 Å². The number of aromatic nitrogens is 6. The lowest BCUT2D eigenvalue weighted by molar-refractivity contribution is -0.120. The smallest absolute Gasteiger partial charge is 0.288 e. The lowest BCUT2D eigenvalue weighted by atomic mass is 10.0. The lowest BCUT2D eigenvalue weighted by Gasteiger charge is -2.41. The molecule has 0 N–H and O–H groups in total. The van der Waals surface area contributed by atoms with E-state index in [1.54, 1.807) is 44.3 Å². The van der Waals surface area contributed by atoms with E-state index in [-0.39, 0.29) is 29.8 Å². The second-order valence-electron chi connectivity index (χ2n) is 11.7. The Morgan fingerprint density at radius 2 is 1.91 bits per heavy atom. The fourth-order valence-electron chi connectivity index (χ4n) is 6.01. The zero-order chi connectivity index (χ0) is 31.0. The van der Waals surface area contributed by atoms with Crippen LogP contribution in [0, 0.1) is 5.82 Å². The van der Waals surface area contributed by atoms with Crippen molar-refractivity contribution in [2.45, 2.75) is 70.0 Å². The molecule has 1 amide bonds. The molecule has 4 aromatic rings. The van der Waals surface area contributed by atoms with Gasteiger partial charge in [0.1, 0.15) is 40.5 Å². The number of methoxy groups -OCH3 is 1. The highest BCUT2D eigenvalue weighted by molar-refractivity contribution is 6.09. The van der Waals surface area contributed by atoms with Gasteiger partial charge in [-0.05, 0) is 50.3 Å². The number of amides is 1. The third-order valence-electron chi connectivity index (χ3n) is 8.71. The van der Waals surface area contributed by atoms with Crippen LogP contribution >= 0.6 is 0 Å². The molecule has 13 heteroatoms. The quantitative estimate of drug-likeness (QED) is 0.261. The van der Waals surface area contributed by atoms with Crippen LogP contribution in [-0.2, 0) is 23.8 Å². The lowest BCUT2D eigenvalue weighted by Crippen LogP contribution is -2.54. The van der Waals surface area contributed by atoms with Gasteiger partial charge in [-0.1, -0.05) is 6.07 Å².